The number of rotatable bonds is 8. The second-order valence-corrected chi connectivity index (χ2v) is 6.20. The van der Waals surface area contributed by atoms with E-state index in [0.717, 1.165) is 24.4 Å². The molecule has 2 rings (SSSR count). The molecular formula is C20H27NO2. The van der Waals surface area contributed by atoms with E-state index < -0.39 is 0 Å². The third kappa shape index (κ3) is 4.81. The minimum atomic E-state index is 0.111. The van der Waals surface area contributed by atoms with Crippen molar-refractivity contribution < 1.29 is 9.84 Å². The number of benzene rings is 2. The summed E-state index contributed by atoms with van der Waals surface area (Å²) in [5, 5.41) is 9.88. The Kier molecular flexibility index (Phi) is 6.63. The van der Waals surface area contributed by atoms with Crippen molar-refractivity contribution in [3.05, 3.63) is 65.7 Å². The van der Waals surface area contributed by atoms with Crippen LogP contribution in [0.1, 0.15) is 25.0 Å². The molecule has 0 aliphatic carbocycles. The van der Waals surface area contributed by atoms with Gasteiger partial charge in [0.05, 0.1) is 13.7 Å². The maximum Gasteiger partial charge on any atom is 0.123 e. The van der Waals surface area contributed by atoms with Crippen LogP contribution >= 0.6 is 0 Å². The Morgan fingerprint density at radius 3 is 2.22 bits per heavy atom. The van der Waals surface area contributed by atoms with E-state index in [1.807, 2.05) is 24.3 Å². The average molecular weight is 313 g/mol. The predicted octanol–water partition coefficient (Wildman–Crippen LogP) is 3.71. The standard InChI is InChI=1S/C20H27NO2/c1-16(2)19(15-22)21(13-17-9-5-4-6-10-17)14-18-11-7-8-12-20(18)23-3/h4-12,16,19,22H,13-15H2,1-3H3/t19-/m1/s1. The summed E-state index contributed by atoms with van der Waals surface area (Å²) >= 11 is 0. The maximum atomic E-state index is 9.88. The quantitative estimate of drug-likeness (QED) is 0.806. The number of nitrogens with zero attached hydrogens (tertiary/aromatic N) is 1. The van der Waals surface area contributed by atoms with Crippen LogP contribution in [0.5, 0.6) is 5.75 Å². The number of methoxy groups -OCH3 is 1. The van der Waals surface area contributed by atoms with E-state index in [2.05, 4.69) is 49.1 Å². The number of para-hydroxylation sites is 1. The molecule has 0 heterocycles. The fourth-order valence-corrected chi connectivity index (χ4v) is 2.91. The fraction of sp³-hybridized carbons (Fsp3) is 0.400. The lowest BCUT2D eigenvalue weighted by atomic mass is 10.0. The first-order valence-electron chi connectivity index (χ1n) is 8.16. The first kappa shape index (κ1) is 17.5. The summed E-state index contributed by atoms with van der Waals surface area (Å²) in [7, 11) is 1.70. The van der Waals surface area contributed by atoms with Gasteiger partial charge in [-0.3, -0.25) is 4.90 Å². The Hall–Kier alpha value is -1.84. The van der Waals surface area contributed by atoms with Gasteiger partial charge in [0.1, 0.15) is 5.75 Å². The molecule has 1 N–H and O–H groups in total. The van der Waals surface area contributed by atoms with Crippen molar-refractivity contribution in [1.82, 2.24) is 4.90 Å². The molecule has 0 aromatic heterocycles. The van der Waals surface area contributed by atoms with Crippen molar-refractivity contribution in [1.29, 1.82) is 0 Å². The van der Waals surface area contributed by atoms with Gasteiger partial charge in [0.25, 0.3) is 0 Å². The normalized spacial score (nSPS) is 12.6. The molecule has 0 bridgehead atoms. The second-order valence-electron chi connectivity index (χ2n) is 6.20. The SMILES string of the molecule is COc1ccccc1CN(Cc1ccccc1)[C@H](CO)C(C)C. The third-order valence-corrected chi connectivity index (χ3v) is 4.22. The minimum Gasteiger partial charge on any atom is -0.496 e. The van der Waals surface area contributed by atoms with Crippen LogP contribution in [0.25, 0.3) is 0 Å². The van der Waals surface area contributed by atoms with E-state index in [0.29, 0.717) is 5.92 Å². The van der Waals surface area contributed by atoms with E-state index in [1.165, 1.54) is 5.56 Å². The van der Waals surface area contributed by atoms with Crippen LogP contribution in [-0.2, 0) is 13.1 Å². The van der Waals surface area contributed by atoms with Crippen LogP contribution in [0.15, 0.2) is 54.6 Å². The minimum absolute atomic E-state index is 0.111. The summed E-state index contributed by atoms with van der Waals surface area (Å²) in [4.78, 5) is 2.33. The van der Waals surface area contributed by atoms with Crippen LogP contribution in [0, 0.1) is 5.92 Å². The van der Waals surface area contributed by atoms with Crippen molar-refractivity contribution in [2.75, 3.05) is 13.7 Å². The number of ether oxygens (including phenoxy) is 1. The molecule has 3 nitrogen and oxygen atoms in total. The summed E-state index contributed by atoms with van der Waals surface area (Å²) in [5.41, 5.74) is 2.39. The number of hydrogen-bond acceptors (Lipinski definition) is 3. The van der Waals surface area contributed by atoms with Crippen LogP contribution < -0.4 is 4.74 Å². The molecule has 0 saturated carbocycles. The molecule has 23 heavy (non-hydrogen) atoms. The van der Waals surface area contributed by atoms with Crippen LogP contribution in [0.2, 0.25) is 0 Å². The van der Waals surface area contributed by atoms with E-state index in [-0.39, 0.29) is 12.6 Å². The molecule has 2 aromatic rings. The van der Waals surface area contributed by atoms with Gasteiger partial charge in [0.2, 0.25) is 0 Å². The molecule has 0 aliphatic heterocycles. The van der Waals surface area contributed by atoms with Crippen molar-refractivity contribution in [2.45, 2.75) is 33.0 Å². The first-order valence-corrected chi connectivity index (χ1v) is 8.16. The lowest BCUT2D eigenvalue weighted by molar-refractivity contribution is 0.0778. The molecule has 0 unspecified atom stereocenters. The van der Waals surface area contributed by atoms with E-state index in [1.54, 1.807) is 7.11 Å². The lowest BCUT2D eigenvalue weighted by Crippen LogP contribution is -2.40. The van der Waals surface area contributed by atoms with Crippen LogP contribution in [0.3, 0.4) is 0 Å². The predicted molar refractivity (Wildman–Crippen MR) is 94.4 cm³/mol. The fourth-order valence-electron chi connectivity index (χ4n) is 2.91. The van der Waals surface area contributed by atoms with Gasteiger partial charge >= 0.3 is 0 Å². The molecule has 124 valence electrons. The van der Waals surface area contributed by atoms with Crippen molar-refractivity contribution >= 4 is 0 Å². The van der Waals surface area contributed by atoms with Gasteiger partial charge in [-0.05, 0) is 17.5 Å². The molecule has 0 saturated heterocycles. The highest BCUT2D eigenvalue weighted by atomic mass is 16.5. The number of hydrogen-bond donors (Lipinski definition) is 1. The largest absolute Gasteiger partial charge is 0.496 e. The van der Waals surface area contributed by atoms with Gasteiger partial charge in [-0.1, -0.05) is 62.4 Å². The molecule has 0 spiro atoms. The zero-order valence-electron chi connectivity index (χ0n) is 14.3. The molecule has 1 atom stereocenters. The van der Waals surface area contributed by atoms with Crippen molar-refractivity contribution in [2.24, 2.45) is 5.92 Å². The highest BCUT2D eigenvalue weighted by Gasteiger charge is 2.22. The highest BCUT2D eigenvalue weighted by Crippen LogP contribution is 2.23. The van der Waals surface area contributed by atoms with Gasteiger partial charge in [0.15, 0.2) is 0 Å². The van der Waals surface area contributed by atoms with Gasteiger partial charge in [-0.15, -0.1) is 0 Å². The maximum absolute atomic E-state index is 9.88. The highest BCUT2D eigenvalue weighted by molar-refractivity contribution is 5.33. The van der Waals surface area contributed by atoms with E-state index in [9.17, 15) is 5.11 Å². The van der Waals surface area contributed by atoms with Crippen LogP contribution in [0.4, 0.5) is 0 Å². The summed E-state index contributed by atoms with van der Waals surface area (Å²) in [6.07, 6.45) is 0. The lowest BCUT2D eigenvalue weighted by Gasteiger charge is -2.33. The molecular weight excluding hydrogens is 286 g/mol. The summed E-state index contributed by atoms with van der Waals surface area (Å²) in [5.74, 6) is 1.27. The molecule has 0 radical (unpaired) electrons. The zero-order valence-corrected chi connectivity index (χ0v) is 14.3. The average Bonchev–Trinajstić information content (AvgIpc) is 2.56. The van der Waals surface area contributed by atoms with Crippen molar-refractivity contribution in [3.63, 3.8) is 0 Å². The molecule has 3 heteroatoms. The first-order chi connectivity index (χ1) is 11.2. The Morgan fingerprint density at radius 1 is 0.957 bits per heavy atom. The Morgan fingerprint density at radius 2 is 1.61 bits per heavy atom. The Labute approximate surface area is 139 Å². The third-order valence-electron chi connectivity index (χ3n) is 4.22. The molecule has 0 aliphatic rings. The topological polar surface area (TPSA) is 32.7 Å². The molecule has 0 amide bonds. The Balaban J connectivity index is 2.25. The molecule has 2 aromatic carbocycles. The van der Waals surface area contributed by atoms with E-state index in [4.69, 9.17) is 4.74 Å². The summed E-state index contributed by atoms with van der Waals surface area (Å²) < 4.78 is 5.48. The van der Waals surface area contributed by atoms with Crippen LogP contribution in [-0.4, -0.2) is 29.8 Å². The number of aliphatic hydroxyl groups is 1. The zero-order chi connectivity index (χ0) is 16.7. The van der Waals surface area contributed by atoms with Gasteiger partial charge in [-0.2, -0.15) is 0 Å². The summed E-state index contributed by atoms with van der Waals surface area (Å²) in [6.45, 7) is 6.02. The van der Waals surface area contributed by atoms with Gasteiger partial charge in [-0.25, -0.2) is 0 Å². The van der Waals surface area contributed by atoms with Crippen molar-refractivity contribution in [3.8, 4) is 5.75 Å². The van der Waals surface area contributed by atoms with Gasteiger partial charge in [0, 0.05) is 24.7 Å². The van der Waals surface area contributed by atoms with Gasteiger partial charge < -0.3 is 9.84 Å². The monoisotopic (exact) mass is 313 g/mol. The second kappa shape index (κ2) is 8.70. The summed E-state index contributed by atoms with van der Waals surface area (Å²) in [6, 6.07) is 18.6. The number of aliphatic hydroxyl groups excluding tert-OH is 1. The Bertz CT molecular complexity index is 583. The smallest absolute Gasteiger partial charge is 0.123 e. The van der Waals surface area contributed by atoms with E-state index >= 15 is 0 Å². The molecule has 0 fully saturated rings.